The maximum absolute atomic E-state index is 12.9. The number of Topliss-reactive ketones (excluding diaryl/α,β-unsaturated/α-hetero) is 1. The van der Waals surface area contributed by atoms with E-state index in [0.29, 0.717) is 23.4 Å². The average Bonchev–Trinajstić information content (AvgIpc) is 2.90. The number of hydrogen-bond donors (Lipinski definition) is 5. The van der Waals surface area contributed by atoms with Crippen LogP contribution in [-0.2, 0) is 4.79 Å². The molecular weight excluding hydrogens is 325 g/mol. The summed E-state index contributed by atoms with van der Waals surface area (Å²) in [6, 6.07) is 0.462. The van der Waals surface area contributed by atoms with E-state index in [0.717, 1.165) is 6.08 Å². The Morgan fingerprint density at radius 3 is 2.83 bits per heavy atom. The number of nitrogens with one attached hydrogen (secondary N) is 3. The zero-order valence-electron chi connectivity index (χ0n) is 12.0. The number of alkyl halides is 3. The number of ketones is 1. The van der Waals surface area contributed by atoms with Crippen LogP contribution in [0.25, 0.3) is 0 Å². The van der Waals surface area contributed by atoms with Crippen molar-refractivity contribution in [1.29, 1.82) is 5.41 Å². The lowest BCUT2D eigenvalue weighted by atomic mass is 9.90. The molecule has 2 aliphatic carbocycles. The first-order chi connectivity index (χ1) is 11.2. The summed E-state index contributed by atoms with van der Waals surface area (Å²) in [4.78, 5) is 14.9. The quantitative estimate of drug-likeness (QED) is 0.270. The molecule has 0 aromatic carbocycles. The van der Waals surface area contributed by atoms with E-state index in [-0.39, 0.29) is 17.2 Å². The van der Waals surface area contributed by atoms with Crippen LogP contribution in [0, 0.1) is 23.8 Å². The Kier molecular flexibility index (Phi) is 3.43. The summed E-state index contributed by atoms with van der Waals surface area (Å²) in [7, 11) is 0. The number of aliphatic hydroxyl groups is 1. The van der Waals surface area contributed by atoms with Crippen molar-refractivity contribution in [2.24, 2.45) is 11.7 Å². The summed E-state index contributed by atoms with van der Waals surface area (Å²) in [5, 5.41) is 19.7. The number of nitrogens with two attached hydrogens (primary N) is 1. The predicted molar refractivity (Wildman–Crippen MR) is 78.1 cm³/mol. The summed E-state index contributed by atoms with van der Waals surface area (Å²) in [6.45, 7) is 0. The fourth-order valence-corrected chi connectivity index (χ4v) is 2.48. The predicted octanol–water partition coefficient (Wildman–Crippen LogP) is -0.306. The van der Waals surface area contributed by atoms with Gasteiger partial charge in [-0.1, -0.05) is 0 Å². The number of allylic oxidation sites excluding steroid dienone is 3. The molecule has 0 amide bonds. The minimum Gasteiger partial charge on any atom is -0.508 e. The molecule has 0 unspecified atom stereocenters. The highest BCUT2D eigenvalue weighted by atomic mass is 19.4. The Labute approximate surface area is 134 Å². The maximum atomic E-state index is 12.9. The van der Waals surface area contributed by atoms with Crippen molar-refractivity contribution in [3.63, 3.8) is 0 Å². The molecule has 3 aliphatic rings. The lowest BCUT2D eigenvalue weighted by molar-refractivity contribution is -0.418. The van der Waals surface area contributed by atoms with Gasteiger partial charge in [-0.15, -0.1) is 0 Å². The smallest absolute Gasteiger partial charge is 0.402 e. The lowest BCUT2D eigenvalue weighted by Crippen LogP contribution is -2.72. The van der Waals surface area contributed by atoms with Crippen LogP contribution >= 0.6 is 0 Å². The number of aliphatic hydroxyl groups excluding tert-OH is 1. The number of amidine groups is 2. The molecular formula is C15H12F3N4O2-. The van der Waals surface area contributed by atoms with Gasteiger partial charge in [0.25, 0.3) is 0 Å². The molecule has 1 atom stereocenters. The largest absolute Gasteiger partial charge is 0.508 e. The number of hydrogen-bond acceptors (Lipinski definition) is 4. The van der Waals surface area contributed by atoms with E-state index in [9.17, 15) is 23.1 Å². The molecule has 24 heavy (non-hydrogen) atoms. The second kappa shape index (κ2) is 5.22. The van der Waals surface area contributed by atoms with Gasteiger partial charge in [0.1, 0.15) is 11.7 Å². The van der Waals surface area contributed by atoms with E-state index in [1.165, 1.54) is 6.08 Å². The third kappa shape index (κ3) is 2.64. The van der Waals surface area contributed by atoms with Crippen molar-refractivity contribution >= 4 is 17.5 Å². The summed E-state index contributed by atoms with van der Waals surface area (Å²) >= 11 is 0. The molecule has 0 fully saturated rings. The summed E-state index contributed by atoms with van der Waals surface area (Å²) in [5.74, 6) is -4.34. The van der Waals surface area contributed by atoms with Gasteiger partial charge in [0.15, 0.2) is 5.78 Å². The molecule has 0 aromatic heterocycles. The normalized spacial score (nSPS) is 23.1. The van der Waals surface area contributed by atoms with Crippen molar-refractivity contribution < 1.29 is 28.1 Å². The summed E-state index contributed by atoms with van der Waals surface area (Å²) < 4.78 is 38.8. The summed E-state index contributed by atoms with van der Waals surface area (Å²) in [6.07, 6.45) is 1.32. The molecule has 1 heterocycles. The van der Waals surface area contributed by atoms with E-state index in [2.05, 4.69) is 10.3 Å². The van der Waals surface area contributed by atoms with Gasteiger partial charge in [-0.2, -0.15) is 30.9 Å². The van der Waals surface area contributed by atoms with Gasteiger partial charge in [0, 0.05) is 0 Å². The molecule has 6 N–H and O–H groups in total. The van der Waals surface area contributed by atoms with Crippen LogP contribution in [0.5, 0.6) is 0 Å². The standard InChI is InChI=1S/C15H12F3N4O2/c16-15(17,18)9-5-7(23)4-8(12(9)24)14-21-10-2-1-6(13(19)20)3-11(10)22-14/h1-5,9,21-23H,(H3,19,20)/q-1/t9-/m1/s1. The Balaban J connectivity index is 1.93. The van der Waals surface area contributed by atoms with Crippen LogP contribution in [-0.4, -0.2) is 28.7 Å². The zero-order valence-corrected chi connectivity index (χ0v) is 12.0. The van der Waals surface area contributed by atoms with Crippen LogP contribution < -0.4 is 16.0 Å². The molecule has 6 nitrogen and oxygen atoms in total. The molecule has 0 saturated carbocycles. The van der Waals surface area contributed by atoms with Gasteiger partial charge < -0.3 is 26.6 Å². The van der Waals surface area contributed by atoms with Gasteiger partial charge in [0.05, 0.1) is 5.57 Å². The lowest BCUT2D eigenvalue weighted by Gasteiger charge is -2.25. The fourth-order valence-electron chi connectivity index (χ4n) is 2.48. The number of carbonyl (C=O) groups excluding carboxylic acids is 1. The minimum absolute atomic E-state index is 0.0320. The van der Waals surface area contributed by atoms with E-state index in [1.54, 1.807) is 12.5 Å². The topological polar surface area (TPSA) is 113 Å². The van der Waals surface area contributed by atoms with Crippen LogP contribution in [0.4, 0.5) is 13.2 Å². The van der Waals surface area contributed by atoms with Gasteiger partial charge in [-0.05, 0) is 29.7 Å². The third-order valence-electron chi connectivity index (χ3n) is 3.65. The van der Waals surface area contributed by atoms with E-state index < -0.39 is 23.6 Å². The molecule has 0 saturated heterocycles. The van der Waals surface area contributed by atoms with Crippen molar-refractivity contribution in [3.8, 4) is 0 Å². The molecule has 0 spiro atoms. The Morgan fingerprint density at radius 1 is 1.50 bits per heavy atom. The highest BCUT2D eigenvalue weighted by molar-refractivity contribution is 6.22. The first kappa shape index (κ1) is 15.8. The van der Waals surface area contributed by atoms with Crippen molar-refractivity contribution in [2.45, 2.75) is 6.18 Å². The summed E-state index contributed by atoms with van der Waals surface area (Å²) in [5.41, 5.74) is 6.02. The van der Waals surface area contributed by atoms with E-state index in [4.69, 9.17) is 11.1 Å². The third-order valence-corrected chi connectivity index (χ3v) is 3.65. The number of carbonyl (C=O) groups is 1. The van der Waals surface area contributed by atoms with Gasteiger partial charge in [0.2, 0.25) is 5.84 Å². The highest BCUT2D eigenvalue weighted by Gasteiger charge is 2.47. The minimum atomic E-state index is -4.79. The van der Waals surface area contributed by atoms with E-state index in [1.807, 2.05) is 0 Å². The Morgan fingerprint density at radius 2 is 2.21 bits per heavy atom. The highest BCUT2D eigenvalue weighted by Crippen LogP contribution is 2.33. The average molecular weight is 337 g/mol. The molecule has 3 rings (SSSR count). The first-order valence-electron chi connectivity index (χ1n) is 6.80. The molecule has 0 aromatic rings. The second-order valence-corrected chi connectivity index (χ2v) is 5.33. The van der Waals surface area contributed by atoms with Crippen LogP contribution in [0.1, 0.15) is 0 Å². The van der Waals surface area contributed by atoms with Crippen LogP contribution in [0.3, 0.4) is 0 Å². The van der Waals surface area contributed by atoms with Crippen molar-refractivity contribution in [3.05, 3.63) is 59.4 Å². The number of halogens is 3. The maximum Gasteiger partial charge on any atom is 0.402 e. The van der Waals surface area contributed by atoms with Gasteiger partial charge in [-0.25, -0.2) is 6.42 Å². The zero-order chi connectivity index (χ0) is 17.6. The van der Waals surface area contributed by atoms with Gasteiger partial charge >= 0.3 is 6.18 Å². The van der Waals surface area contributed by atoms with Crippen LogP contribution in [0.15, 0.2) is 46.9 Å². The number of rotatable bonds is 2. The SMILES string of the molecule is N=C(N)C1=C[C-]2[NH+]=C(C3=CC(O)=C[C@@H](C(F)(F)F)C3=O)NC2=C[CH-]1. The van der Waals surface area contributed by atoms with Crippen LogP contribution in [0.2, 0.25) is 0 Å². The monoisotopic (exact) mass is 337 g/mol. The van der Waals surface area contributed by atoms with Gasteiger partial charge in [-0.3, -0.25) is 4.79 Å². The second-order valence-electron chi connectivity index (χ2n) is 5.33. The molecule has 1 aliphatic heterocycles. The van der Waals surface area contributed by atoms with E-state index >= 15 is 0 Å². The molecule has 0 bridgehead atoms. The first-order valence-corrected chi connectivity index (χ1v) is 6.80. The Bertz CT molecular complexity index is 787. The molecule has 0 radical (unpaired) electrons. The number of fused-ring (bicyclic) bond motifs is 1. The molecule has 9 heteroatoms. The van der Waals surface area contributed by atoms with Crippen molar-refractivity contribution in [2.75, 3.05) is 0 Å². The van der Waals surface area contributed by atoms with Crippen molar-refractivity contribution in [1.82, 2.24) is 5.32 Å². The Hall–Kier alpha value is -3.10. The molecule has 126 valence electrons. The fraction of sp³-hybridized carbons (Fsp3) is 0.133.